The first-order valence-corrected chi connectivity index (χ1v) is 7.70. The van der Waals surface area contributed by atoms with E-state index in [-0.39, 0.29) is 11.5 Å². The standard InChI is InChI=1S/C14H9Br2ClN2O2/c15-9-3-8(4-10(16)6-9)14(21)19-12-5-7(13(18)20)1-2-11(12)17/h1-6H,(H2,18,20)(H,19,21). The predicted octanol–water partition coefficient (Wildman–Crippen LogP) is 4.22. The van der Waals surface area contributed by atoms with Crippen molar-refractivity contribution in [1.82, 2.24) is 0 Å². The number of hydrogen-bond donors (Lipinski definition) is 2. The van der Waals surface area contributed by atoms with E-state index in [9.17, 15) is 9.59 Å². The lowest BCUT2D eigenvalue weighted by Gasteiger charge is -2.09. The van der Waals surface area contributed by atoms with Crippen molar-refractivity contribution in [3.05, 3.63) is 61.5 Å². The maximum atomic E-state index is 12.2. The summed E-state index contributed by atoms with van der Waals surface area (Å²) >= 11 is 12.6. The van der Waals surface area contributed by atoms with E-state index in [1.807, 2.05) is 6.07 Å². The quantitative estimate of drug-likeness (QED) is 0.763. The van der Waals surface area contributed by atoms with Crippen molar-refractivity contribution in [3.8, 4) is 0 Å². The lowest BCUT2D eigenvalue weighted by atomic mass is 10.1. The normalized spacial score (nSPS) is 10.2. The first kappa shape index (κ1) is 16.0. The smallest absolute Gasteiger partial charge is 0.255 e. The maximum Gasteiger partial charge on any atom is 0.255 e. The summed E-state index contributed by atoms with van der Waals surface area (Å²) in [7, 11) is 0. The number of amides is 2. The fourth-order valence-corrected chi connectivity index (χ4v) is 3.11. The van der Waals surface area contributed by atoms with Crippen LogP contribution in [0.25, 0.3) is 0 Å². The number of nitrogens with two attached hydrogens (primary N) is 1. The van der Waals surface area contributed by atoms with Crippen LogP contribution < -0.4 is 11.1 Å². The van der Waals surface area contributed by atoms with E-state index >= 15 is 0 Å². The molecule has 0 fully saturated rings. The Balaban J connectivity index is 2.31. The van der Waals surface area contributed by atoms with Crippen molar-refractivity contribution in [1.29, 1.82) is 0 Å². The number of carbonyl (C=O) groups excluding carboxylic acids is 2. The topological polar surface area (TPSA) is 72.2 Å². The minimum absolute atomic E-state index is 0.269. The fourth-order valence-electron chi connectivity index (χ4n) is 1.65. The van der Waals surface area contributed by atoms with Crippen molar-refractivity contribution >= 4 is 61.0 Å². The van der Waals surface area contributed by atoms with Gasteiger partial charge in [0.15, 0.2) is 0 Å². The zero-order valence-electron chi connectivity index (χ0n) is 10.5. The molecule has 2 aromatic rings. The molecule has 21 heavy (non-hydrogen) atoms. The zero-order chi connectivity index (χ0) is 15.6. The van der Waals surface area contributed by atoms with Crippen LogP contribution in [-0.4, -0.2) is 11.8 Å². The van der Waals surface area contributed by atoms with Crippen LogP contribution in [0.2, 0.25) is 5.02 Å². The van der Waals surface area contributed by atoms with E-state index in [0.717, 1.165) is 8.95 Å². The van der Waals surface area contributed by atoms with Gasteiger partial charge in [-0.15, -0.1) is 0 Å². The van der Waals surface area contributed by atoms with Gasteiger partial charge in [-0.05, 0) is 36.4 Å². The molecule has 2 aromatic carbocycles. The number of nitrogens with one attached hydrogen (secondary N) is 1. The highest BCUT2D eigenvalue weighted by molar-refractivity contribution is 9.11. The second-order valence-corrected chi connectivity index (χ2v) is 6.41. The van der Waals surface area contributed by atoms with Gasteiger partial charge in [0.2, 0.25) is 5.91 Å². The summed E-state index contributed by atoms with van der Waals surface area (Å²) in [6.07, 6.45) is 0. The van der Waals surface area contributed by atoms with E-state index in [2.05, 4.69) is 37.2 Å². The van der Waals surface area contributed by atoms with Gasteiger partial charge in [-0.2, -0.15) is 0 Å². The molecule has 0 radical (unpaired) electrons. The van der Waals surface area contributed by atoms with Crippen molar-refractivity contribution in [2.24, 2.45) is 5.73 Å². The van der Waals surface area contributed by atoms with Gasteiger partial charge in [0, 0.05) is 20.1 Å². The minimum atomic E-state index is -0.590. The largest absolute Gasteiger partial charge is 0.366 e. The third kappa shape index (κ3) is 4.06. The summed E-state index contributed by atoms with van der Waals surface area (Å²) in [4.78, 5) is 23.4. The van der Waals surface area contributed by atoms with Crippen molar-refractivity contribution < 1.29 is 9.59 Å². The van der Waals surface area contributed by atoms with E-state index in [4.69, 9.17) is 17.3 Å². The summed E-state index contributed by atoms with van der Waals surface area (Å²) in [6.45, 7) is 0. The highest BCUT2D eigenvalue weighted by atomic mass is 79.9. The number of carbonyl (C=O) groups is 2. The van der Waals surface area contributed by atoms with Gasteiger partial charge in [-0.3, -0.25) is 9.59 Å². The molecule has 108 valence electrons. The van der Waals surface area contributed by atoms with Crippen LogP contribution in [0.5, 0.6) is 0 Å². The maximum absolute atomic E-state index is 12.2. The van der Waals surface area contributed by atoms with E-state index in [0.29, 0.717) is 16.3 Å². The lowest BCUT2D eigenvalue weighted by Crippen LogP contribution is -2.15. The molecular weight excluding hydrogens is 423 g/mol. The molecular formula is C14H9Br2ClN2O2. The average molecular weight is 432 g/mol. The molecule has 4 nitrogen and oxygen atoms in total. The molecule has 0 unspecified atom stereocenters. The highest BCUT2D eigenvalue weighted by Gasteiger charge is 2.12. The summed E-state index contributed by atoms with van der Waals surface area (Å²) in [5.41, 5.74) is 6.25. The van der Waals surface area contributed by atoms with Crippen LogP contribution in [-0.2, 0) is 0 Å². The molecule has 0 saturated carbocycles. The Morgan fingerprint density at radius 3 is 2.19 bits per heavy atom. The van der Waals surface area contributed by atoms with Crippen LogP contribution in [0.3, 0.4) is 0 Å². The van der Waals surface area contributed by atoms with Crippen LogP contribution in [0, 0.1) is 0 Å². The van der Waals surface area contributed by atoms with Crippen LogP contribution in [0.4, 0.5) is 5.69 Å². The molecule has 0 aromatic heterocycles. The van der Waals surface area contributed by atoms with Crippen molar-refractivity contribution in [3.63, 3.8) is 0 Å². The van der Waals surface area contributed by atoms with Gasteiger partial charge in [0.25, 0.3) is 5.91 Å². The fraction of sp³-hybridized carbons (Fsp3) is 0. The number of primary amides is 1. The molecule has 0 atom stereocenters. The molecule has 0 aliphatic heterocycles. The number of halogens is 3. The van der Waals surface area contributed by atoms with E-state index in [1.54, 1.807) is 12.1 Å². The third-order valence-electron chi connectivity index (χ3n) is 2.62. The lowest BCUT2D eigenvalue weighted by molar-refractivity contribution is 0.0996. The van der Waals surface area contributed by atoms with Crippen molar-refractivity contribution in [2.45, 2.75) is 0 Å². The predicted molar refractivity (Wildman–Crippen MR) is 89.8 cm³/mol. The second kappa shape index (κ2) is 6.60. The van der Waals surface area contributed by atoms with Gasteiger partial charge in [-0.25, -0.2) is 0 Å². The Labute approximate surface area is 142 Å². The third-order valence-corrected chi connectivity index (χ3v) is 3.87. The molecule has 0 spiro atoms. The van der Waals surface area contributed by atoms with Gasteiger partial charge < -0.3 is 11.1 Å². The van der Waals surface area contributed by atoms with Gasteiger partial charge >= 0.3 is 0 Å². The molecule has 0 bridgehead atoms. The molecule has 2 amide bonds. The molecule has 3 N–H and O–H groups in total. The molecule has 2 rings (SSSR count). The minimum Gasteiger partial charge on any atom is -0.366 e. The molecule has 7 heteroatoms. The molecule has 0 aliphatic carbocycles. The Morgan fingerprint density at radius 1 is 1.00 bits per heavy atom. The van der Waals surface area contributed by atoms with Gasteiger partial charge in [0.1, 0.15) is 0 Å². The molecule has 0 aliphatic rings. The number of hydrogen-bond acceptors (Lipinski definition) is 2. The Hall–Kier alpha value is -1.37. The van der Waals surface area contributed by atoms with Gasteiger partial charge in [-0.1, -0.05) is 43.5 Å². The summed E-state index contributed by atoms with van der Waals surface area (Å²) in [5, 5.41) is 2.98. The monoisotopic (exact) mass is 430 g/mol. The Kier molecular flexibility index (Phi) is 5.03. The number of benzene rings is 2. The first-order chi connectivity index (χ1) is 9.86. The van der Waals surface area contributed by atoms with Crippen LogP contribution in [0.1, 0.15) is 20.7 Å². The number of anilines is 1. The Morgan fingerprint density at radius 2 is 1.62 bits per heavy atom. The molecule has 0 heterocycles. The average Bonchev–Trinajstić information content (AvgIpc) is 2.39. The highest BCUT2D eigenvalue weighted by Crippen LogP contribution is 2.25. The summed E-state index contributed by atoms with van der Waals surface area (Å²) < 4.78 is 1.53. The Bertz CT molecular complexity index is 715. The van der Waals surface area contributed by atoms with Crippen LogP contribution in [0.15, 0.2) is 45.3 Å². The first-order valence-electron chi connectivity index (χ1n) is 5.73. The molecule has 0 saturated heterocycles. The van der Waals surface area contributed by atoms with Gasteiger partial charge in [0.05, 0.1) is 10.7 Å². The van der Waals surface area contributed by atoms with Crippen LogP contribution >= 0.6 is 43.5 Å². The summed E-state index contributed by atoms with van der Waals surface area (Å²) in [6, 6.07) is 9.61. The SMILES string of the molecule is NC(=O)c1ccc(Cl)c(NC(=O)c2cc(Br)cc(Br)c2)c1. The number of rotatable bonds is 3. The summed E-state index contributed by atoms with van der Waals surface area (Å²) in [5.74, 6) is -0.937. The zero-order valence-corrected chi connectivity index (χ0v) is 14.4. The second-order valence-electron chi connectivity index (χ2n) is 4.17. The van der Waals surface area contributed by atoms with E-state index in [1.165, 1.54) is 18.2 Å². The van der Waals surface area contributed by atoms with E-state index < -0.39 is 5.91 Å². The van der Waals surface area contributed by atoms with Crippen molar-refractivity contribution in [2.75, 3.05) is 5.32 Å².